The number of nitrogens with zero attached hydrogens (tertiary/aromatic N) is 1. The molecule has 1 aromatic rings. The zero-order valence-electron chi connectivity index (χ0n) is 9.84. The fourth-order valence-corrected chi connectivity index (χ4v) is 2.24. The molecule has 6 nitrogen and oxygen atoms in total. The third kappa shape index (κ3) is 2.22. The fraction of sp³-hybridized carbons (Fsp3) is 0.600. The van der Waals surface area contributed by atoms with E-state index in [1.54, 1.807) is 0 Å². The Bertz CT molecular complexity index is 600. The number of halogens is 2. The molecule has 0 amide bonds. The SMILES string of the molecule is C[C@@]1(F)C(O)[C@@H](CO)O[C@H]1n1cc(F)c(=O)[nH]c1=S. The normalized spacial score (nSPS) is 34.7. The fourth-order valence-electron chi connectivity index (χ4n) is 2.00. The van der Waals surface area contributed by atoms with Crippen LogP contribution in [0.5, 0.6) is 0 Å². The van der Waals surface area contributed by atoms with Gasteiger partial charge in [-0.05, 0) is 19.1 Å². The van der Waals surface area contributed by atoms with Crippen LogP contribution < -0.4 is 5.56 Å². The van der Waals surface area contributed by atoms with Gasteiger partial charge in [-0.1, -0.05) is 0 Å². The topological polar surface area (TPSA) is 87.5 Å². The molecule has 0 aromatic carbocycles. The van der Waals surface area contributed by atoms with E-state index in [0.717, 1.165) is 11.5 Å². The van der Waals surface area contributed by atoms with E-state index in [4.69, 9.17) is 22.1 Å². The van der Waals surface area contributed by atoms with Crippen molar-refractivity contribution in [3.63, 3.8) is 0 Å². The number of aromatic amines is 1. The molecule has 1 aromatic heterocycles. The number of hydrogen-bond acceptors (Lipinski definition) is 5. The molecule has 2 heterocycles. The van der Waals surface area contributed by atoms with Crippen LogP contribution >= 0.6 is 12.2 Å². The Balaban J connectivity index is 2.51. The number of aliphatic hydroxyl groups is 2. The van der Waals surface area contributed by atoms with Gasteiger partial charge in [0.25, 0.3) is 5.56 Å². The third-order valence-electron chi connectivity index (χ3n) is 3.07. The van der Waals surface area contributed by atoms with Gasteiger partial charge < -0.3 is 14.9 Å². The van der Waals surface area contributed by atoms with Gasteiger partial charge in [-0.2, -0.15) is 4.39 Å². The Hall–Kier alpha value is -1.16. The van der Waals surface area contributed by atoms with Crippen molar-refractivity contribution in [3.05, 3.63) is 27.1 Å². The molecule has 9 heteroatoms. The van der Waals surface area contributed by atoms with Crippen molar-refractivity contribution in [2.75, 3.05) is 6.61 Å². The average Bonchev–Trinajstić information content (AvgIpc) is 2.56. The van der Waals surface area contributed by atoms with Crippen molar-refractivity contribution >= 4 is 12.2 Å². The molecule has 1 fully saturated rings. The highest BCUT2D eigenvalue weighted by Gasteiger charge is 2.54. The number of alkyl halides is 1. The maximum atomic E-state index is 14.4. The number of aliphatic hydroxyl groups excluding tert-OH is 2. The van der Waals surface area contributed by atoms with Crippen LogP contribution in [0.15, 0.2) is 11.0 Å². The minimum absolute atomic E-state index is 0.244. The Labute approximate surface area is 111 Å². The zero-order chi connectivity index (χ0) is 14.4. The molecule has 1 unspecified atom stereocenters. The lowest BCUT2D eigenvalue weighted by Gasteiger charge is -2.25. The van der Waals surface area contributed by atoms with Crippen LogP contribution in [0.2, 0.25) is 0 Å². The summed E-state index contributed by atoms with van der Waals surface area (Å²) >= 11 is 4.80. The highest BCUT2D eigenvalue weighted by molar-refractivity contribution is 7.71. The molecule has 1 aliphatic rings. The number of aromatic nitrogens is 2. The largest absolute Gasteiger partial charge is 0.394 e. The van der Waals surface area contributed by atoms with Gasteiger partial charge in [-0.15, -0.1) is 0 Å². The van der Waals surface area contributed by atoms with Gasteiger partial charge in [0.05, 0.1) is 12.8 Å². The van der Waals surface area contributed by atoms with Gasteiger partial charge in [0, 0.05) is 0 Å². The van der Waals surface area contributed by atoms with E-state index in [2.05, 4.69) is 0 Å². The van der Waals surface area contributed by atoms with E-state index in [1.807, 2.05) is 4.98 Å². The van der Waals surface area contributed by atoms with E-state index in [-0.39, 0.29) is 4.77 Å². The summed E-state index contributed by atoms with van der Waals surface area (Å²) < 4.78 is 33.4. The van der Waals surface area contributed by atoms with Crippen molar-refractivity contribution < 1.29 is 23.7 Å². The highest BCUT2D eigenvalue weighted by atomic mass is 32.1. The third-order valence-corrected chi connectivity index (χ3v) is 3.39. The molecule has 0 saturated carbocycles. The standard InChI is InChI=1S/C10H12F2N2O4S/c1-10(12)6(16)5(3-15)18-8(10)14-2-4(11)7(17)13-9(14)19/h2,5-6,8,15-16H,3H2,1H3,(H,13,17,19)/t5-,6?,8-,10-/m1/s1. The molecule has 0 bridgehead atoms. The lowest BCUT2D eigenvalue weighted by atomic mass is 9.98. The molecule has 0 spiro atoms. The molecule has 2 rings (SSSR count). The molecule has 0 radical (unpaired) electrons. The zero-order valence-corrected chi connectivity index (χ0v) is 10.7. The first-order valence-corrected chi connectivity index (χ1v) is 5.84. The van der Waals surface area contributed by atoms with Crippen molar-refractivity contribution in [1.29, 1.82) is 0 Å². The average molecular weight is 294 g/mol. The minimum Gasteiger partial charge on any atom is -0.394 e. The molecular weight excluding hydrogens is 282 g/mol. The van der Waals surface area contributed by atoms with Crippen molar-refractivity contribution in [2.45, 2.75) is 31.0 Å². The van der Waals surface area contributed by atoms with Crippen LogP contribution in [0.25, 0.3) is 0 Å². The summed E-state index contributed by atoms with van der Waals surface area (Å²) in [7, 11) is 0. The molecule has 1 saturated heterocycles. The summed E-state index contributed by atoms with van der Waals surface area (Å²) in [6.07, 6.45) is -3.49. The van der Waals surface area contributed by atoms with Gasteiger partial charge in [0.1, 0.15) is 12.2 Å². The number of H-pyrrole nitrogens is 1. The summed E-state index contributed by atoms with van der Waals surface area (Å²) in [4.78, 5) is 13.0. The minimum atomic E-state index is -2.30. The lowest BCUT2D eigenvalue weighted by Crippen LogP contribution is -2.41. The Kier molecular flexibility index (Phi) is 3.56. The maximum absolute atomic E-state index is 14.4. The van der Waals surface area contributed by atoms with Crippen molar-refractivity contribution in [1.82, 2.24) is 9.55 Å². The van der Waals surface area contributed by atoms with E-state index in [1.165, 1.54) is 0 Å². The first-order chi connectivity index (χ1) is 8.78. The van der Waals surface area contributed by atoms with Crippen LogP contribution in [-0.4, -0.2) is 44.2 Å². The summed E-state index contributed by atoms with van der Waals surface area (Å²) in [5.74, 6) is -1.16. The number of ether oxygens (including phenoxy) is 1. The van der Waals surface area contributed by atoms with Crippen molar-refractivity contribution in [2.24, 2.45) is 0 Å². The van der Waals surface area contributed by atoms with Gasteiger partial charge in [-0.3, -0.25) is 14.3 Å². The van der Waals surface area contributed by atoms with E-state index in [9.17, 15) is 18.7 Å². The predicted molar refractivity (Wildman–Crippen MR) is 62.4 cm³/mol. The molecule has 4 atom stereocenters. The van der Waals surface area contributed by atoms with Crippen LogP contribution in [0, 0.1) is 10.6 Å². The lowest BCUT2D eigenvalue weighted by molar-refractivity contribution is -0.0606. The molecule has 0 aliphatic carbocycles. The van der Waals surface area contributed by atoms with Gasteiger partial charge >= 0.3 is 0 Å². The molecule has 106 valence electrons. The molecular formula is C10H12F2N2O4S. The Morgan fingerprint density at radius 1 is 1.68 bits per heavy atom. The highest BCUT2D eigenvalue weighted by Crippen LogP contribution is 2.41. The van der Waals surface area contributed by atoms with Crippen LogP contribution in [0.4, 0.5) is 8.78 Å². The molecule has 1 aliphatic heterocycles. The number of hydrogen-bond donors (Lipinski definition) is 3. The van der Waals surface area contributed by atoms with Gasteiger partial charge in [0.15, 0.2) is 16.7 Å². The van der Waals surface area contributed by atoms with E-state index in [0.29, 0.717) is 6.20 Å². The van der Waals surface area contributed by atoms with Crippen LogP contribution in [0.1, 0.15) is 13.2 Å². The second kappa shape index (κ2) is 4.75. The number of rotatable bonds is 2. The predicted octanol–water partition coefficient (Wildman–Crippen LogP) is 0.0238. The first-order valence-electron chi connectivity index (χ1n) is 5.43. The smallest absolute Gasteiger partial charge is 0.287 e. The van der Waals surface area contributed by atoms with Crippen molar-refractivity contribution in [3.8, 4) is 0 Å². The summed E-state index contributed by atoms with van der Waals surface area (Å²) in [6, 6.07) is 0. The quantitative estimate of drug-likeness (QED) is 0.670. The van der Waals surface area contributed by atoms with Gasteiger partial charge in [0.2, 0.25) is 5.82 Å². The monoisotopic (exact) mass is 294 g/mol. The van der Waals surface area contributed by atoms with Crippen LogP contribution in [-0.2, 0) is 4.74 Å². The molecule has 3 N–H and O–H groups in total. The van der Waals surface area contributed by atoms with Crippen LogP contribution in [0.3, 0.4) is 0 Å². The second-order valence-corrected chi connectivity index (χ2v) is 4.84. The van der Waals surface area contributed by atoms with E-state index < -0.39 is 42.1 Å². The Morgan fingerprint density at radius 2 is 2.32 bits per heavy atom. The van der Waals surface area contributed by atoms with E-state index >= 15 is 0 Å². The Morgan fingerprint density at radius 3 is 2.84 bits per heavy atom. The summed E-state index contributed by atoms with van der Waals surface area (Å²) in [5, 5.41) is 18.7. The maximum Gasteiger partial charge on any atom is 0.287 e. The number of nitrogens with one attached hydrogen (secondary N) is 1. The second-order valence-electron chi connectivity index (χ2n) is 4.45. The summed E-state index contributed by atoms with van der Waals surface area (Å²) in [5.41, 5.74) is -3.32. The first kappa shape index (κ1) is 14.3. The molecule has 19 heavy (non-hydrogen) atoms. The van der Waals surface area contributed by atoms with Gasteiger partial charge in [-0.25, -0.2) is 4.39 Å². The summed E-state index contributed by atoms with van der Waals surface area (Å²) in [6.45, 7) is 0.444.